The topological polar surface area (TPSA) is 41.3 Å². The zero-order valence-corrected chi connectivity index (χ0v) is 11.7. The molecular formula is C14H23N3S. The Balaban J connectivity index is 1.92. The average molecular weight is 265 g/mol. The minimum absolute atomic E-state index is 0.270. The van der Waals surface area contributed by atoms with Gasteiger partial charge in [-0.25, -0.2) is 0 Å². The van der Waals surface area contributed by atoms with Crippen LogP contribution in [0.25, 0.3) is 0 Å². The third-order valence-corrected chi connectivity index (χ3v) is 5.49. The Labute approximate surface area is 113 Å². The fraction of sp³-hybridized carbons (Fsp3) is 0.714. The number of hydrazine groups is 1. The number of nitrogens with zero attached hydrogens (tertiary/aromatic N) is 1. The van der Waals surface area contributed by atoms with Gasteiger partial charge in [0, 0.05) is 5.54 Å². The van der Waals surface area contributed by atoms with Gasteiger partial charge in [0.2, 0.25) is 0 Å². The van der Waals surface area contributed by atoms with E-state index < -0.39 is 0 Å². The van der Waals surface area contributed by atoms with Crippen molar-refractivity contribution in [3.63, 3.8) is 0 Å². The molecule has 3 rings (SSSR count). The summed E-state index contributed by atoms with van der Waals surface area (Å²) in [6, 6.07) is 2.52. The molecule has 1 aliphatic carbocycles. The van der Waals surface area contributed by atoms with E-state index in [0.717, 1.165) is 0 Å². The van der Waals surface area contributed by atoms with E-state index in [1.165, 1.54) is 57.2 Å². The molecule has 1 saturated heterocycles. The Morgan fingerprint density at radius 2 is 1.94 bits per heavy atom. The lowest BCUT2D eigenvalue weighted by Gasteiger charge is -2.44. The second-order valence-electron chi connectivity index (χ2n) is 5.66. The molecule has 1 aromatic heterocycles. The third-order valence-electron chi connectivity index (χ3n) is 4.79. The standard InChI is InChI=1S/C14H23N3S/c15-16-13(12-5-10-18-11-12)14(6-1-2-7-14)17-8-3-4-9-17/h5,10-11,13,16H,1-4,6-9,15H2. The van der Waals surface area contributed by atoms with Gasteiger partial charge >= 0.3 is 0 Å². The van der Waals surface area contributed by atoms with Crippen LogP contribution in [0.3, 0.4) is 0 Å². The molecule has 0 radical (unpaired) electrons. The Morgan fingerprint density at radius 3 is 2.50 bits per heavy atom. The van der Waals surface area contributed by atoms with Crippen molar-refractivity contribution in [2.45, 2.75) is 50.1 Å². The molecule has 100 valence electrons. The van der Waals surface area contributed by atoms with Crippen molar-refractivity contribution in [2.75, 3.05) is 13.1 Å². The molecule has 1 atom stereocenters. The molecule has 1 unspecified atom stereocenters. The van der Waals surface area contributed by atoms with Crippen molar-refractivity contribution >= 4 is 11.3 Å². The fourth-order valence-corrected chi connectivity index (χ4v) is 4.62. The van der Waals surface area contributed by atoms with Gasteiger partial charge in [-0.15, -0.1) is 0 Å². The Morgan fingerprint density at radius 1 is 1.22 bits per heavy atom. The van der Waals surface area contributed by atoms with E-state index in [-0.39, 0.29) is 5.54 Å². The summed E-state index contributed by atoms with van der Waals surface area (Å²) in [6.45, 7) is 2.50. The molecule has 0 spiro atoms. The zero-order valence-electron chi connectivity index (χ0n) is 10.9. The van der Waals surface area contributed by atoms with Gasteiger partial charge in [-0.05, 0) is 61.2 Å². The highest BCUT2D eigenvalue weighted by Crippen LogP contribution is 2.45. The fourth-order valence-electron chi connectivity index (χ4n) is 3.94. The quantitative estimate of drug-likeness (QED) is 0.649. The van der Waals surface area contributed by atoms with Crippen LogP contribution in [0.1, 0.15) is 50.1 Å². The number of nitrogens with one attached hydrogen (secondary N) is 1. The Kier molecular flexibility index (Phi) is 3.71. The monoisotopic (exact) mass is 265 g/mol. The van der Waals surface area contributed by atoms with Gasteiger partial charge in [0.05, 0.1) is 6.04 Å². The van der Waals surface area contributed by atoms with Crippen molar-refractivity contribution in [2.24, 2.45) is 5.84 Å². The van der Waals surface area contributed by atoms with E-state index in [4.69, 9.17) is 5.84 Å². The van der Waals surface area contributed by atoms with E-state index in [1.54, 1.807) is 11.3 Å². The number of hydrogen-bond donors (Lipinski definition) is 2. The molecule has 0 aromatic carbocycles. The number of likely N-dealkylation sites (tertiary alicyclic amines) is 1. The van der Waals surface area contributed by atoms with Gasteiger partial charge in [0.15, 0.2) is 0 Å². The van der Waals surface area contributed by atoms with Gasteiger partial charge in [-0.3, -0.25) is 16.2 Å². The van der Waals surface area contributed by atoms with E-state index in [0.29, 0.717) is 6.04 Å². The molecule has 0 amide bonds. The molecule has 3 nitrogen and oxygen atoms in total. The van der Waals surface area contributed by atoms with E-state index >= 15 is 0 Å². The summed E-state index contributed by atoms with van der Waals surface area (Å²) in [5.74, 6) is 5.92. The normalized spacial score (nSPS) is 25.6. The highest BCUT2D eigenvalue weighted by atomic mass is 32.1. The minimum Gasteiger partial charge on any atom is -0.296 e. The molecule has 3 N–H and O–H groups in total. The van der Waals surface area contributed by atoms with Gasteiger partial charge < -0.3 is 0 Å². The Hall–Kier alpha value is -0.420. The van der Waals surface area contributed by atoms with Crippen molar-refractivity contribution < 1.29 is 0 Å². The predicted octanol–water partition coefficient (Wildman–Crippen LogP) is 2.66. The highest BCUT2D eigenvalue weighted by molar-refractivity contribution is 7.07. The molecule has 1 saturated carbocycles. The van der Waals surface area contributed by atoms with Crippen LogP contribution in [0.5, 0.6) is 0 Å². The lowest BCUT2D eigenvalue weighted by atomic mass is 9.83. The second kappa shape index (κ2) is 5.29. The van der Waals surface area contributed by atoms with Gasteiger partial charge in [-0.1, -0.05) is 12.8 Å². The third kappa shape index (κ3) is 2.01. The first-order valence-electron chi connectivity index (χ1n) is 7.10. The molecule has 0 bridgehead atoms. The van der Waals surface area contributed by atoms with Crippen LogP contribution >= 0.6 is 11.3 Å². The summed E-state index contributed by atoms with van der Waals surface area (Å²) >= 11 is 1.77. The Bertz CT molecular complexity index is 364. The maximum Gasteiger partial charge on any atom is 0.0652 e. The van der Waals surface area contributed by atoms with Crippen LogP contribution in [0.2, 0.25) is 0 Å². The van der Waals surface area contributed by atoms with E-state index in [2.05, 4.69) is 27.2 Å². The number of rotatable bonds is 4. The minimum atomic E-state index is 0.270. The first-order valence-corrected chi connectivity index (χ1v) is 8.04. The molecule has 18 heavy (non-hydrogen) atoms. The number of hydrogen-bond acceptors (Lipinski definition) is 4. The molecule has 1 aliphatic heterocycles. The van der Waals surface area contributed by atoms with Crippen molar-refractivity contribution in [3.8, 4) is 0 Å². The maximum atomic E-state index is 5.92. The molecular weight excluding hydrogens is 242 g/mol. The van der Waals surface area contributed by atoms with Gasteiger partial charge in [0.1, 0.15) is 0 Å². The van der Waals surface area contributed by atoms with Gasteiger partial charge in [0.25, 0.3) is 0 Å². The largest absolute Gasteiger partial charge is 0.296 e. The summed E-state index contributed by atoms with van der Waals surface area (Å²) < 4.78 is 0. The highest BCUT2D eigenvalue weighted by Gasteiger charge is 2.46. The summed E-state index contributed by atoms with van der Waals surface area (Å²) in [5.41, 5.74) is 4.77. The van der Waals surface area contributed by atoms with Crippen LogP contribution in [-0.4, -0.2) is 23.5 Å². The first-order chi connectivity index (χ1) is 8.87. The van der Waals surface area contributed by atoms with Crippen LogP contribution in [0, 0.1) is 0 Å². The van der Waals surface area contributed by atoms with E-state index in [1.807, 2.05) is 0 Å². The van der Waals surface area contributed by atoms with Crippen molar-refractivity contribution in [3.05, 3.63) is 22.4 Å². The smallest absolute Gasteiger partial charge is 0.0652 e. The second-order valence-corrected chi connectivity index (χ2v) is 6.44. The maximum absolute atomic E-state index is 5.92. The first kappa shape index (κ1) is 12.6. The van der Waals surface area contributed by atoms with Crippen LogP contribution in [0.15, 0.2) is 16.8 Å². The van der Waals surface area contributed by atoms with Crippen molar-refractivity contribution in [1.82, 2.24) is 10.3 Å². The zero-order chi connectivity index (χ0) is 12.4. The predicted molar refractivity (Wildman–Crippen MR) is 76.4 cm³/mol. The van der Waals surface area contributed by atoms with Crippen LogP contribution in [-0.2, 0) is 0 Å². The molecule has 1 aromatic rings. The van der Waals surface area contributed by atoms with E-state index in [9.17, 15) is 0 Å². The lowest BCUT2D eigenvalue weighted by molar-refractivity contribution is 0.0766. The average Bonchev–Trinajstić information content (AvgIpc) is 3.14. The molecule has 2 fully saturated rings. The SMILES string of the molecule is NNC(c1ccsc1)C1(N2CCCC2)CCCC1. The summed E-state index contributed by atoms with van der Waals surface area (Å²) in [5, 5.41) is 4.41. The number of thiophene rings is 1. The molecule has 4 heteroatoms. The van der Waals surface area contributed by atoms with Crippen LogP contribution < -0.4 is 11.3 Å². The van der Waals surface area contributed by atoms with Crippen LogP contribution in [0.4, 0.5) is 0 Å². The van der Waals surface area contributed by atoms with Gasteiger partial charge in [-0.2, -0.15) is 11.3 Å². The van der Waals surface area contributed by atoms with Crippen molar-refractivity contribution in [1.29, 1.82) is 0 Å². The summed E-state index contributed by atoms with van der Waals surface area (Å²) in [6.07, 6.45) is 7.97. The molecule has 2 aliphatic rings. The summed E-state index contributed by atoms with van der Waals surface area (Å²) in [7, 11) is 0. The molecule has 2 heterocycles. The lowest BCUT2D eigenvalue weighted by Crippen LogP contribution is -2.55. The summed E-state index contributed by atoms with van der Waals surface area (Å²) in [4.78, 5) is 2.71. The number of nitrogens with two attached hydrogens (primary N) is 1.